The monoisotopic (exact) mass is 567 g/mol. The average Bonchev–Trinajstić information content (AvgIpc) is 2.94. The number of para-hydroxylation sites is 3. The van der Waals surface area contributed by atoms with E-state index < -0.39 is 16.6 Å². The Morgan fingerprint density at radius 1 is 0.381 bits per heavy atom. The summed E-state index contributed by atoms with van der Waals surface area (Å²) in [6.45, 7) is 17.6. The lowest BCUT2D eigenvalue weighted by molar-refractivity contribution is 0.181. The van der Waals surface area contributed by atoms with Gasteiger partial charge in [0.25, 0.3) is 0 Å². The fraction of sp³-hybridized carbons (Fsp3) is 0.333. The van der Waals surface area contributed by atoms with E-state index >= 15 is 0 Å². The highest BCUT2D eigenvalue weighted by atomic mass is 16.5. The third-order valence-corrected chi connectivity index (χ3v) is 7.17. The first kappa shape index (κ1) is 31.1. The Morgan fingerprint density at radius 3 is 0.810 bits per heavy atom. The highest BCUT2D eigenvalue weighted by Crippen LogP contribution is 2.43. The molecule has 0 heterocycles. The van der Waals surface area contributed by atoms with Crippen LogP contribution in [-0.2, 0) is 0 Å². The summed E-state index contributed by atoms with van der Waals surface area (Å²) >= 11 is 0. The van der Waals surface area contributed by atoms with Crippen LogP contribution in [0.25, 0.3) is 33.4 Å². The van der Waals surface area contributed by atoms with Gasteiger partial charge in [0.15, 0.2) is 0 Å². The van der Waals surface area contributed by atoms with Gasteiger partial charge in [0, 0.05) is 16.7 Å². The molecule has 6 heteroatoms. The zero-order valence-corrected chi connectivity index (χ0v) is 26.3. The summed E-state index contributed by atoms with van der Waals surface area (Å²) in [6.07, 6.45) is 0. The van der Waals surface area contributed by atoms with Gasteiger partial charge in [-0.15, -0.1) is 0 Å². The molecule has 0 spiro atoms. The minimum absolute atomic E-state index is 0.524. The second-order valence-corrected chi connectivity index (χ2v) is 13.8. The van der Waals surface area contributed by atoms with Crippen LogP contribution >= 0.6 is 0 Å². The molecule has 4 aromatic rings. The number of benzene rings is 4. The van der Waals surface area contributed by atoms with Crippen LogP contribution in [0.3, 0.4) is 0 Å². The van der Waals surface area contributed by atoms with Gasteiger partial charge in [0.05, 0.1) is 33.7 Å². The lowest BCUT2D eigenvalue weighted by Crippen LogP contribution is -2.39. The number of hydrogen-bond acceptors (Lipinski definition) is 6. The van der Waals surface area contributed by atoms with Gasteiger partial charge in [-0.05, 0) is 115 Å². The molecule has 222 valence electrons. The molecule has 42 heavy (non-hydrogen) atoms. The minimum atomic E-state index is -0.524. The molecule has 0 aromatic heterocycles. The van der Waals surface area contributed by atoms with Crippen molar-refractivity contribution in [3.8, 4) is 33.4 Å². The van der Waals surface area contributed by atoms with Crippen molar-refractivity contribution in [1.29, 1.82) is 0 Å². The topological polar surface area (TPSA) is 70.4 Å². The number of nitrogens with zero attached hydrogens (tertiary/aromatic N) is 3. The number of hydroxylamine groups is 3. The summed E-state index contributed by atoms with van der Waals surface area (Å²) in [4.78, 5) is 0. The molecule has 0 saturated heterocycles. The maximum Gasteiger partial charge on any atom is 0.0718 e. The Morgan fingerprint density at radius 2 is 0.595 bits per heavy atom. The predicted molar refractivity (Wildman–Crippen MR) is 175 cm³/mol. The first-order chi connectivity index (χ1) is 19.5. The van der Waals surface area contributed by atoms with E-state index in [2.05, 4.69) is 18.2 Å². The first-order valence-electron chi connectivity index (χ1n) is 14.4. The fourth-order valence-electron chi connectivity index (χ4n) is 4.89. The quantitative estimate of drug-likeness (QED) is 0.202. The molecular formula is C36H45N3O3. The van der Waals surface area contributed by atoms with Gasteiger partial charge < -0.3 is 0 Å². The number of anilines is 3. The summed E-state index contributed by atoms with van der Waals surface area (Å²) in [5, 5.41) is 37.6. The van der Waals surface area contributed by atoms with E-state index in [0.717, 1.165) is 33.4 Å². The van der Waals surface area contributed by atoms with E-state index in [4.69, 9.17) is 0 Å². The summed E-state index contributed by atoms with van der Waals surface area (Å²) in [7, 11) is 0. The molecule has 0 bridgehead atoms. The molecule has 6 nitrogen and oxygen atoms in total. The van der Waals surface area contributed by atoms with Crippen LogP contribution in [0.4, 0.5) is 17.1 Å². The smallest absolute Gasteiger partial charge is 0.0718 e. The third kappa shape index (κ3) is 6.46. The van der Waals surface area contributed by atoms with Crippen LogP contribution in [-0.4, -0.2) is 32.2 Å². The summed E-state index contributed by atoms with van der Waals surface area (Å²) in [5.41, 5.74) is 5.76. The highest BCUT2D eigenvalue weighted by molar-refractivity contribution is 5.91. The maximum absolute atomic E-state index is 11.2. The van der Waals surface area contributed by atoms with E-state index in [1.54, 1.807) is 0 Å². The van der Waals surface area contributed by atoms with Crippen molar-refractivity contribution in [2.75, 3.05) is 15.2 Å². The van der Waals surface area contributed by atoms with Gasteiger partial charge in [0.2, 0.25) is 0 Å². The zero-order chi connectivity index (χ0) is 31.0. The van der Waals surface area contributed by atoms with E-state index in [1.807, 2.05) is 135 Å². The molecule has 0 amide bonds. The third-order valence-electron chi connectivity index (χ3n) is 7.17. The molecule has 0 saturated carbocycles. The Bertz CT molecular complexity index is 1350. The van der Waals surface area contributed by atoms with E-state index in [0.29, 0.717) is 17.1 Å². The van der Waals surface area contributed by atoms with Gasteiger partial charge in [-0.2, -0.15) is 0 Å². The van der Waals surface area contributed by atoms with Crippen molar-refractivity contribution < 1.29 is 15.6 Å². The summed E-state index contributed by atoms with van der Waals surface area (Å²) in [5.74, 6) is 0. The zero-order valence-electron chi connectivity index (χ0n) is 26.3. The second kappa shape index (κ2) is 11.4. The standard InChI is InChI=1S/C36H45N3O3/c1-34(2,3)37(40)31-19-13-10-16-28(31)25-22-26(29-17-11-14-20-32(29)38(41)35(4,5)6)24-27(23-25)30-18-12-15-21-33(30)39(42)36(7,8)9/h10-24,40-42H,1-9H3. The molecule has 0 unspecified atom stereocenters. The average molecular weight is 568 g/mol. The second-order valence-electron chi connectivity index (χ2n) is 13.8. The van der Waals surface area contributed by atoms with Crippen LogP contribution in [0.5, 0.6) is 0 Å². The van der Waals surface area contributed by atoms with Gasteiger partial charge in [-0.3, -0.25) is 30.8 Å². The Kier molecular flexibility index (Phi) is 8.47. The van der Waals surface area contributed by atoms with Crippen molar-refractivity contribution in [2.45, 2.75) is 78.9 Å². The molecular weight excluding hydrogens is 522 g/mol. The minimum Gasteiger partial charge on any atom is -0.288 e. The largest absolute Gasteiger partial charge is 0.288 e. The van der Waals surface area contributed by atoms with Gasteiger partial charge in [-0.1, -0.05) is 54.6 Å². The van der Waals surface area contributed by atoms with E-state index in [9.17, 15) is 15.6 Å². The molecule has 4 aromatic carbocycles. The van der Waals surface area contributed by atoms with E-state index in [1.165, 1.54) is 15.2 Å². The lowest BCUT2D eigenvalue weighted by Gasteiger charge is -2.34. The van der Waals surface area contributed by atoms with Gasteiger partial charge in [-0.25, -0.2) is 0 Å². The van der Waals surface area contributed by atoms with Crippen molar-refractivity contribution in [1.82, 2.24) is 0 Å². The van der Waals surface area contributed by atoms with Crippen molar-refractivity contribution in [2.24, 2.45) is 0 Å². The molecule has 0 radical (unpaired) electrons. The van der Waals surface area contributed by atoms with Crippen LogP contribution in [0.1, 0.15) is 62.3 Å². The lowest BCUT2D eigenvalue weighted by atomic mass is 9.90. The SMILES string of the molecule is CC(C)(C)N(O)c1ccccc1-c1cc(-c2ccccc2N(O)C(C)(C)C)cc(-c2ccccc2N(O)C(C)(C)C)c1. The van der Waals surface area contributed by atoms with Gasteiger partial charge in [0.1, 0.15) is 0 Å². The molecule has 0 aliphatic carbocycles. The van der Waals surface area contributed by atoms with E-state index in [-0.39, 0.29) is 0 Å². The van der Waals surface area contributed by atoms with Crippen LogP contribution in [0, 0.1) is 0 Å². The predicted octanol–water partition coefficient (Wildman–Crippen LogP) is 9.67. The van der Waals surface area contributed by atoms with Gasteiger partial charge >= 0.3 is 0 Å². The number of rotatable bonds is 6. The van der Waals surface area contributed by atoms with Crippen LogP contribution in [0.15, 0.2) is 91.0 Å². The van der Waals surface area contributed by atoms with Crippen molar-refractivity contribution >= 4 is 17.1 Å². The van der Waals surface area contributed by atoms with Crippen LogP contribution < -0.4 is 15.2 Å². The molecule has 3 N–H and O–H groups in total. The summed E-state index contributed by atoms with van der Waals surface area (Å²) in [6, 6.07) is 29.7. The summed E-state index contributed by atoms with van der Waals surface area (Å²) < 4.78 is 0. The van der Waals surface area contributed by atoms with Crippen molar-refractivity contribution in [3.63, 3.8) is 0 Å². The molecule has 0 aliphatic rings. The number of hydrogen-bond donors (Lipinski definition) is 3. The van der Waals surface area contributed by atoms with Crippen LogP contribution in [0.2, 0.25) is 0 Å². The molecule has 0 fully saturated rings. The molecule has 0 aliphatic heterocycles. The highest BCUT2D eigenvalue weighted by Gasteiger charge is 2.27. The maximum atomic E-state index is 11.2. The Balaban J connectivity index is 2.05. The Hall–Kier alpha value is -3.84. The first-order valence-corrected chi connectivity index (χ1v) is 14.4. The molecule has 0 atom stereocenters. The van der Waals surface area contributed by atoms with Crippen molar-refractivity contribution in [3.05, 3.63) is 91.0 Å². The normalized spacial score (nSPS) is 12.3. The molecule has 4 rings (SSSR count). The Labute approximate surface area is 251 Å². The fourth-order valence-corrected chi connectivity index (χ4v) is 4.89.